The molecule has 122 valence electrons. The number of thiazole rings is 1. The van der Waals surface area contributed by atoms with Gasteiger partial charge in [0.05, 0.1) is 10.6 Å². The average molecular weight is 357 g/mol. The number of benzene rings is 1. The van der Waals surface area contributed by atoms with E-state index in [9.17, 15) is 4.79 Å². The molecule has 7 heteroatoms. The third-order valence-electron chi connectivity index (χ3n) is 3.93. The second-order valence-electron chi connectivity index (χ2n) is 5.51. The van der Waals surface area contributed by atoms with Crippen LogP contribution in [0.4, 0.5) is 5.13 Å². The van der Waals surface area contributed by atoms with E-state index in [4.69, 9.17) is 4.84 Å². The molecule has 1 unspecified atom stereocenters. The number of carbonyl (C=O) groups excluding carboxylic acids is 1. The summed E-state index contributed by atoms with van der Waals surface area (Å²) in [7, 11) is 0. The zero-order valence-electron chi connectivity index (χ0n) is 12.7. The van der Waals surface area contributed by atoms with Crippen molar-refractivity contribution in [2.24, 2.45) is 0 Å². The predicted octanol–water partition coefficient (Wildman–Crippen LogP) is 4.42. The number of nitrogens with zero attached hydrogens (tertiary/aromatic N) is 2. The summed E-state index contributed by atoms with van der Waals surface area (Å²) in [5.41, 5.74) is 4.71. The van der Waals surface area contributed by atoms with Gasteiger partial charge in [-0.1, -0.05) is 23.5 Å². The molecule has 0 radical (unpaired) electrons. The van der Waals surface area contributed by atoms with Crippen molar-refractivity contribution < 1.29 is 9.63 Å². The van der Waals surface area contributed by atoms with Crippen molar-refractivity contribution in [3.63, 3.8) is 0 Å². The van der Waals surface area contributed by atoms with Gasteiger partial charge >= 0.3 is 0 Å². The van der Waals surface area contributed by atoms with Crippen LogP contribution in [0.15, 0.2) is 53.7 Å². The van der Waals surface area contributed by atoms with Gasteiger partial charge < -0.3 is 4.57 Å². The minimum absolute atomic E-state index is 0.157. The van der Waals surface area contributed by atoms with Gasteiger partial charge in [-0.2, -0.15) is 0 Å². The number of aromatic nitrogens is 2. The first-order valence-electron chi connectivity index (χ1n) is 7.57. The molecule has 1 aliphatic heterocycles. The Morgan fingerprint density at radius 2 is 2.12 bits per heavy atom. The summed E-state index contributed by atoms with van der Waals surface area (Å²) in [6.07, 6.45) is 4.62. The summed E-state index contributed by atoms with van der Waals surface area (Å²) in [6, 6.07) is 11.6. The fourth-order valence-electron chi connectivity index (χ4n) is 2.72. The molecule has 0 bridgehead atoms. The third kappa shape index (κ3) is 2.98. The Bertz CT molecular complexity index is 870. The van der Waals surface area contributed by atoms with Crippen LogP contribution in [0.1, 0.15) is 29.6 Å². The standard InChI is InChI=1S/C17H15N3O2S2/c21-14-7-8-16(20-9-1-2-13(14)20)22-19-17-18-10-15(24-17)11-3-5-12(23)6-4-11/h1-6,9-10,16,23H,7-8H2,(H,18,19). The highest BCUT2D eigenvalue weighted by Gasteiger charge is 2.25. The molecule has 3 heterocycles. The SMILES string of the molecule is O=C1CCC(ONc2ncc(-c3ccc(S)cc3)s2)n2cccc21. The molecule has 0 saturated heterocycles. The maximum absolute atomic E-state index is 11.8. The van der Waals surface area contributed by atoms with Crippen molar-refractivity contribution in [2.75, 3.05) is 5.48 Å². The van der Waals surface area contributed by atoms with Gasteiger partial charge in [-0.15, -0.1) is 12.6 Å². The van der Waals surface area contributed by atoms with Gasteiger partial charge in [-0.3, -0.25) is 4.79 Å². The van der Waals surface area contributed by atoms with Gasteiger partial charge in [-0.05, 0) is 29.8 Å². The first-order valence-corrected chi connectivity index (χ1v) is 8.84. The molecule has 2 aromatic heterocycles. The highest BCUT2D eigenvalue weighted by atomic mass is 32.1. The molecule has 0 saturated carbocycles. The number of ketones is 1. The van der Waals surface area contributed by atoms with E-state index < -0.39 is 0 Å². The number of hydrogen-bond acceptors (Lipinski definition) is 6. The number of Topliss-reactive ketones (excluding diaryl/α,β-unsaturated/α-hetero) is 1. The molecule has 0 spiro atoms. The number of anilines is 1. The topological polar surface area (TPSA) is 56.1 Å². The molecule has 1 aliphatic rings. The number of rotatable bonds is 4. The van der Waals surface area contributed by atoms with Gasteiger partial charge in [-0.25, -0.2) is 15.3 Å². The Balaban J connectivity index is 1.45. The highest BCUT2D eigenvalue weighted by molar-refractivity contribution is 7.80. The van der Waals surface area contributed by atoms with Crippen molar-refractivity contribution >= 4 is 34.9 Å². The number of carbonyl (C=O) groups is 1. The second kappa shape index (κ2) is 6.43. The second-order valence-corrected chi connectivity index (χ2v) is 7.06. The predicted molar refractivity (Wildman–Crippen MR) is 96.5 cm³/mol. The van der Waals surface area contributed by atoms with E-state index in [2.05, 4.69) is 23.1 Å². The average Bonchev–Trinajstić information content (AvgIpc) is 3.25. The van der Waals surface area contributed by atoms with Crippen LogP contribution in [-0.2, 0) is 4.84 Å². The van der Waals surface area contributed by atoms with Gasteiger partial charge in [0.15, 0.2) is 12.0 Å². The number of nitrogens with one attached hydrogen (secondary N) is 1. The molecule has 0 aliphatic carbocycles. The first kappa shape index (κ1) is 15.4. The van der Waals surface area contributed by atoms with Crippen molar-refractivity contribution in [1.82, 2.24) is 9.55 Å². The summed E-state index contributed by atoms with van der Waals surface area (Å²) in [5.74, 6) is 0.157. The Morgan fingerprint density at radius 3 is 2.96 bits per heavy atom. The summed E-state index contributed by atoms with van der Waals surface area (Å²) in [5, 5.41) is 0.686. The highest BCUT2D eigenvalue weighted by Crippen LogP contribution is 2.31. The van der Waals surface area contributed by atoms with Crippen LogP contribution in [-0.4, -0.2) is 15.3 Å². The number of hydrogen-bond donors (Lipinski definition) is 2. The summed E-state index contributed by atoms with van der Waals surface area (Å²) < 4.78 is 1.86. The van der Waals surface area contributed by atoms with E-state index in [1.54, 1.807) is 0 Å². The van der Waals surface area contributed by atoms with Crippen molar-refractivity contribution in [3.8, 4) is 10.4 Å². The zero-order chi connectivity index (χ0) is 16.5. The lowest BCUT2D eigenvalue weighted by atomic mass is 10.1. The smallest absolute Gasteiger partial charge is 0.207 e. The quantitative estimate of drug-likeness (QED) is 0.536. The monoisotopic (exact) mass is 357 g/mol. The summed E-state index contributed by atoms with van der Waals surface area (Å²) >= 11 is 5.81. The molecular formula is C17H15N3O2S2. The van der Waals surface area contributed by atoms with Crippen LogP contribution in [0.2, 0.25) is 0 Å². The number of fused-ring (bicyclic) bond motifs is 1. The van der Waals surface area contributed by atoms with E-state index in [-0.39, 0.29) is 12.0 Å². The maximum Gasteiger partial charge on any atom is 0.207 e. The van der Waals surface area contributed by atoms with Gasteiger partial charge in [0.25, 0.3) is 0 Å². The van der Waals surface area contributed by atoms with Crippen molar-refractivity contribution in [1.29, 1.82) is 0 Å². The molecule has 5 nitrogen and oxygen atoms in total. The van der Waals surface area contributed by atoms with E-state index >= 15 is 0 Å². The molecule has 4 rings (SSSR count). The van der Waals surface area contributed by atoms with E-state index in [1.165, 1.54) is 11.3 Å². The lowest BCUT2D eigenvalue weighted by Crippen LogP contribution is -2.25. The minimum Gasteiger partial charge on any atom is -0.316 e. The molecule has 1 aromatic carbocycles. The van der Waals surface area contributed by atoms with Crippen LogP contribution < -0.4 is 5.48 Å². The van der Waals surface area contributed by atoms with Crippen LogP contribution in [0, 0.1) is 0 Å². The van der Waals surface area contributed by atoms with E-state index in [1.807, 2.05) is 53.4 Å². The van der Waals surface area contributed by atoms with Crippen LogP contribution >= 0.6 is 24.0 Å². The lowest BCUT2D eigenvalue weighted by molar-refractivity contribution is 0.0234. The molecule has 0 fully saturated rings. The largest absolute Gasteiger partial charge is 0.316 e. The Kier molecular flexibility index (Phi) is 4.13. The first-order chi connectivity index (χ1) is 11.7. The van der Waals surface area contributed by atoms with E-state index in [0.717, 1.165) is 15.3 Å². The van der Waals surface area contributed by atoms with E-state index in [0.29, 0.717) is 23.7 Å². The molecular weight excluding hydrogens is 342 g/mol. The van der Waals surface area contributed by atoms with Crippen LogP contribution in [0.3, 0.4) is 0 Å². The minimum atomic E-state index is -0.205. The lowest BCUT2D eigenvalue weighted by Gasteiger charge is -2.24. The fourth-order valence-corrected chi connectivity index (χ4v) is 3.63. The number of thiol groups is 1. The van der Waals surface area contributed by atoms with Gasteiger partial charge in [0, 0.05) is 30.1 Å². The summed E-state index contributed by atoms with van der Waals surface area (Å²) in [6.45, 7) is 0. The Labute approximate surface area is 148 Å². The van der Waals surface area contributed by atoms with Crippen LogP contribution in [0.25, 0.3) is 10.4 Å². The molecule has 1 N–H and O–H groups in total. The molecule has 3 aromatic rings. The molecule has 1 atom stereocenters. The van der Waals surface area contributed by atoms with Gasteiger partial charge in [0.1, 0.15) is 0 Å². The van der Waals surface area contributed by atoms with Crippen molar-refractivity contribution in [3.05, 3.63) is 54.5 Å². The molecule has 24 heavy (non-hydrogen) atoms. The summed E-state index contributed by atoms with van der Waals surface area (Å²) in [4.78, 5) is 23.9. The maximum atomic E-state index is 11.8. The van der Waals surface area contributed by atoms with Crippen LogP contribution in [0.5, 0.6) is 0 Å². The third-order valence-corrected chi connectivity index (χ3v) is 5.17. The fraction of sp³-hybridized carbons (Fsp3) is 0.176. The van der Waals surface area contributed by atoms with Gasteiger partial charge in [0.2, 0.25) is 5.13 Å². The zero-order valence-corrected chi connectivity index (χ0v) is 14.4. The van der Waals surface area contributed by atoms with Crippen molar-refractivity contribution in [2.45, 2.75) is 24.0 Å². The normalized spacial score (nSPS) is 16.9. The Hall–Kier alpha value is -2.09. The molecule has 0 amide bonds. The Morgan fingerprint density at radius 1 is 1.29 bits per heavy atom.